The van der Waals surface area contributed by atoms with Crippen LogP contribution in [0.25, 0.3) is 11.1 Å². The summed E-state index contributed by atoms with van der Waals surface area (Å²) in [4.78, 5) is 0. The summed E-state index contributed by atoms with van der Waals surface area (Å²) in [5.41, 5.74) is 0.0359. The fourth-order valence-electron chi connectivity index (χ4n) is 2.12. The summed E-state index contributed by atoms with van der Waals surface area (Å²) in [7, 11) is 0. The molecule has 0 aromatic heterocycles. The highest BCUT2D eigenvalue weighted by Crippen LogP contribution is 2.31. The van der Waals surface area contributed by atoms with E-state index in [9.17, 15) is 27.1 Å². The molecule has 0 fully saturated rings. The van der Waals surface area contributed by atoms with Crippen LogP contribution in [0.15, 0.2) is 36.4 Å². The van der Waals surface area contributed by atoms with E-state index in [0.29, 0.717) is 5.56 Å². The van der Waals surface area contributed by atoms with E-state index in [4.69, 9.17) is 0 Å². The fourth-order valence-corrected chi connectivity index (χ4v) is 2.12. The normalized spacial score (nSPS) is 13.0. The summed E-state index contributed by atoms with van der Waals surface area (Å²) in [6.45, 7) is 1.58. The molecule has 2 aromatic carbocycles. The maximum Gasteiger partial charge on any atom is 0.573 e. The summed E-state index contributed by atoms with van der Waals surface area (Å²) >= 11 is 0. The van der Waals surface area contributed by atoms with Crippen LogP contribution in [0.2, 0.25) is 0 Å². The number of hydrogen-bond acceptors (Lipinski definition) is 2. The summed E-state index contributed by atoms with van der Waals surface area (Å²) in [6.07, 6.45) is -5.92. The highest BCUT2D eigenvalue weighted by molar-refractivity contribution is 5.65. The Morgan fingerprint density at radius 3 is 1.96 bits per heavy atom. The van der Waals surface area contributed by atoms with E-state index >= 15 is 0 Å². The zero-order valence-corrected chi connectivity index (χ0v) is 12.0. The van der Waals surface area contributed by atoms with E-state index < -0.39 is 35.4 Å². The third-order valence-corrected chi connectivity index (χ3v) is 3.22. The average molecular weight is 332 g/mol. The van der Waals surface area contributed by atoms with Gasteiger partial charge in [0.05, 0.1) is 11.7 Å². The van der Waals surface area contributed by atoms with Crippen LogP contribution < -0.4 is 4.74 Å². The number of aliphatic hydroxyl groups excluding tert-OH is 1. The van der Waals surface area contributed by atoms with Crippen LogP contribution in [-0.4, -0.2) is 11.5 Å². The molecule has 23 heavy (non-hydrogen) atoms. The first kappa shape index (κ1) is 17.2. The molecule has 2 nitrogen and oxygen atoms in total. The van der Waals surface area contributed by atoms with Crippen molar-refractivity contribution in [3.63, 3.8) is 0 Å². The van der Waals surface area contributed by atoms with Crippen LogP contribution in [0, 0.1) is 11.6 Å². The van der Waals surface area contributed by atoms with Gasteiger partial charge < -0.3 is 9.84 Å². The Morgan fingerprint density at radius 2 is 1.52 bits per heavy atom. The van der Waals surface area contributed by atoms with E-state index in [2.05, 4.69) is 4.74 Å². The van der Waals surface area contributed by atoms with Crippen molar-refractivity contribution in [3.05, 3.63) is 53.6 Å². The van der Waals surface area contributed by atoms with Gasteiger partial charge in [-0.2, -0.15) is 0 Å². The van der Waals surface area contributed by atoms with E-state index in [1.165, 1.54) is 12.1 Å². The molecule has 0 radical (unpaired) electrons. The molecular formula is C16H13F5O2. The SMILES string of the molecule is CCC(O)c1c(F)cc(-c2ccc(OC(F)(F)F)cc2)cc1F. The first-order chi connectivity index (χ1) is 10.7. The molecule has 2 aromatic rings. The molecule has 1 atom stereocenters. The first-order valence-corrected chi connectivity index (χ1v) is 6.74. The minimum atomic E-state index is -4.81. The summed E-state index contributed by atoms with van der Waals surface area (Å²) in [6, 6.07) is 6.66. The first-order valence-electron chi connectivity index (χ1n) is 6.74. The van der Waals surface area contributed by atoms with Crippen molar-refractivity contribution in [2.75, 3.05) is 0 Å². The molecule has 1 N–H and O–H groups in total. The standard InChI is InChI=1S/C16H13F5O2/c1-2-14(22)15-12(17)7-10(8-13(15)18)9-3-5-11(6-4-9)23-16(19,20)21/h3-8,14,22H,2H2,1H3. The van der Waals surface area contributed by atoms with Gasteiger partial charge in [0.15, 0.2) is 0 Å². The fraction of sp³-hybridized carbons (Fsp3) is 0.250. The Balaban J connectivity index is 2.32. The molecule has 0 aliphatic carbocycles. The molecule has 7 heteroatoms. The second-order valence-corrected chi connectivity index (χ2v) is 4.85. The molecule has 1 unspecified atom stereocenters. The second kappa shape index (κ2) is 6.54. The van der Waals surface area contributed by atoms with Crippen molar-refractivity contribution in [1.82, 2.24) is 0 Å². The van der Waals surface area contributed by atoms with Gasteiger partial charge in [0.25, 0.3) is 0 Å². The monoisotopic (exact) mass is 332 g/mol. The second-order valence-electron chi connectivity index (χ2n) is 4.85. The van der Waals surface area contributed by atoms with Crippen molar-refractivity contribution >= 4 is 0 Å². The van der Waals surface area contributed by atoms with Gasteiger partial charge in [0.2, 0.25) is 0 Å². The minimum absolute atomic E-state index is 0.144. The van der Waals surface area contributed by atoms with Gasteiger partial charge in [0, 0.05) is 0 Å². The van der Waals surface area contributed by atoms with Gasteiger partial charge in [-0.3, -0.25) is 0 Å². The largest absolute Gasteiger partial charge is 0.573 e. The molecule has 2 rings (SSSR count). The van der Waals surface area contributed by atoms with Crippen molar-refractivity contribution < 1.29 is 31.8 Å². The van der Waals surface area contributed by atoms with Gasteiger partial charge in [-0.25, -0.2) is 8.78 Å². The smallest absolute Gasteiger partial charge is 0.406 e. The number of ether oxygens (including phenoxy) is 1. The number of aliphatic hydroxyl groups is 1. The Hall–Kier alpha value is -2.15. The van der Waals surface area contributed by atoms with Crippen LogP contribution in [0.4, 0.5) is 22.0 Å². The molecular weight excluding hydrogens is 319 g/mol. The molecule has 0 bridgehead atoms. The molecule has 0 spiro atoms. The van der Waals surface area contributed by atoms with Crippen LogP contribution in [0.5, 0.6) is 5.75 Å². The average Bonchev–Trinajstić information content (AvgIpc) is 2.45. The van der Waals surface area contributed by atoms with Gasteiger partial charge >= 0.3 is 6.36 Å². The molecule has 0 aliphatic rings. The number of benzene rings is 2. The van der Waals surface area contributed by atoms with Crippen LogP contribution in [0.1, 0.15) is 25.0 Å². The Morgan fingerprint density at radius 1 is 1.00 bits per heavy atom. The van der Waals surface area contributed by atoms with Gasteiger partial charge in [-0.15, -0.1) is 13.2 Å². The third kappa shape index (κ3) is 4.19. The molecule has 124 valence electrons. The molecule has 0 aliphatic heterocycles. The summed E-state index contributed by atoms with van der Waals surface area (Å²) < 4.78 is 67.9. The zero-order chi connectivity index (χ0) is 17.2. The van der Waals surface area contributed by atoms with E-state index in [1.54, 1.807) is 6.92 Å². The number of alkyl halides is 3. The molecule has 0 heterocycles. The maximum absolute atomic E-state index is 14.0. The third-order valence-electron chi connectivity index (χ3n) is 3.22. The van der Waals surface area contributed by atoms with Crippen molar-refractivity contribution in [3.8, 4) is 16.9 Å². The van der Waals surface area contributed by atoms with Gasteiger partial charge in [-0.1, -0.05) is 19.1 Å². The maximum atomic E-state index is 14.0. The number of halogens is 5. The number of hydrogen-bond donors (Lipinski definition) is 1. The lowest BCUT2D eigenvalue weighted by molar-refractivity contribution is -0.274. The minimum Gasteiger partial charge on any atom is -0.406 e. The van der Waals surface area contributed by atoms with Crippen molar-refractivity contribution in [2.45, 2.75) is 25.8 Å². The Bertz CT molecular complexity index is 657. The molecule has 0 saturated heterocycles. The van der Waals surface area contributed by atoms with Crippen molar-refractivity contribution in [2.24, 2.45) is 0 Å². The quantitative estimate of drug-likeness (QED) is 0.801. The predicted octanol–water partition coefficient (Wildman–Crippen LogP) is 4.97. The van der Waals surface area contributed by atoms with Crippen LogP contribution in [0.3, 0.4) is 0 Å². The topological polar surface area (TPSA) is 29.5 Å². The Kier molecular flexibility index (Phi) is 4.89. The van der Waals surface area contributed by atoms with E-state index in [-0.39, 0.29) is 12.0 Å². The lowest BCUT2D eigenvalue weighted by Crippen LogP contribution is -2.16. The lowest BCUT2D eigenvalue weighted by Gasteiger charge is -2.13. The van der Waals surface area contributed by atoms with Crippen LogP contribution in [-0.2, 0) is 0 Å². The molecule has 0 amide bonds. The van der Waals surface area contributed by atoms with Gasteiger partial charge in [-0.05, 0) is 41.8 Å². The summed E-state index contributed by atoms with van der Waals surface area (Å²) in [5.74, 6) is -2.25. The Labute approximate surface area is 129 Å². The highest BCUT2D eigenvalue weighted by Gasteiger charge is 2.31. The van der Waals surface area contributed by atoms with Gasteiger partial charge in [0.1, 0.15) is 17.4 Å². The predicted molar refractivity (Wildman–Crippen MR) is 73.7 cm³/mol. The van der Waals surface area contributed by atoms with E-state index in [1.807, 2.05) is 0 Å². The van der Waals surface area contributed by atoms with Crippen LogP contribution >= 0.6 is 0 Å². The lowest BCUT2D eigenvalue weighted by atomic mass is 9.99. The van der Waals surface area contributed by atoms with Crippen molar-refractivity contribution in [1.29, 1.82) is 0 Å². The van der Waals surface area contributed by atoms with E-state index in [0.717, 1.165) is 24.3 Å². The summed E-state index contributed by atoms with van der Waals surface area (Å²) in [5, 5.41) is 9.59. The highest BCUT2D eigenvalue weighted by atomic mass is 19.4. The zero-order valence-electron chi connectivity index (χ0n) is 12.0. The number of rotatable bonds is 4. The molecule has 0 saturated carbocycles.